The number of alkyl halides is 2. The molecular formula is C13H12Cl2. The minimum atomic E-state index is -0.730. The van der Waals surface area contributed by atoms with E-state index in [9.17, 15) is 0 Å². The Balaban J connectivity index is 2.32. The van der Waals surface area contributed by atoms with Gasteiger partial charge >= 0.3 is 0 Å². The third-order valence-corrected chi connectivity index (χ3v) is 3.12. The maximum absolute atomic E-state index is 6.00. The first-order valence-corrected chi connectivity index (χ1v) is 5.67. The number of allylic oxidation sites excluding steroid dienone is 4. The van der Waals surface area contributed by atoms with E-state index in [0.29, 0.717) is 6.42 Å². The molecule has 0 aliphatic heterocycles. The summed E-state index contributed by atoms with van der Waals surface area (Å²) >= 11 is 12.0. The lowest BCUT2D eigenvalue weighted by atomic mass is 9.96. The quantitative estimate of drug-likeness (QED) is 0.632. The molecule has 0 unspecified atom stereocenters. The summed E-state index contributed by atoms with van der Waals surface area (Å²) in [5.41, 5.74) is 3.72. The molecule has 0 fully saturated rings. The van der Waals surface area contributed by atoms with E-state index in [2.05, 4.69) is 25.1 Å². The zero-order chi connectivity index (χ0) is 10.9. The standard InChI is InChI=1S/C13H12Cl2/c1-10-4-2-3-5-12(10)11-6-8-13(14,15)9-7-11/h2-8H,9H2,1H3. The molecule has 1 aromatic carbocycles. The van der Waals surface area contributed by atoms with Crippen LogP contribution in [-0.2, 0) is 0 Å². The molecular weight excluding hydrogens is 227 g/mol. The van der Waals surface area contributed by atoms with Crippen molar-refractivity contribution >= 4 is 28.8 Å². The number of halogens is 2. The van der Waals surface area contributed by atoms with Gasteiger partial charge in [-0.25, -0.2) is 0 Å². The Bertz CT molecular complexity index is 428. The van der Waals surface area contributed by atoms with Gasteiger partial charge in [0.05, 0.1) is 0 Å². The van der Waals surface area contributed by atoms with Crippen molar-refractivity contribution in [2.75, 3.05) is 0 Å². The minimum Gasteiger partial charge on any atom is -0.0966 e. The van der Waals surface area contributed by atoms with Gasteiger partial charge in [-0.1, -0.05) is 59.6 Å². The third kappa shape index (κ3) is 2.45. The summed E-state index contributed by atoms with van der Waals surface area (Å²) in [7, 11) is 0. The van der Waals surface area contributed by atoms with Crippen LogP contribution in [-0.4, -0.2) is 4.33 Å². The molecule has 0 N–H and O–H groups in total. The Labute approximate surface area is 100 Å². The highest BCUT2D eigenvalue weighted by Gasteiger charge is 2.22. The molecule has 78 valence electrons. The number of hydrogen-bond donors (Lipinski definition) is 0. The van der Waals surface area contributed by atoms with Crippen LogP contribution < -0.4 is 0 Å². The summed E-state index contributed by atoms with van der Waals surface area (Å²) in [5.74, 6) is 0. The summed E-state index contributed by atoms with van der Waals surface area (Å²) in [6, 6.07) is 8.30. The topological polar surface area (TPSA) is 0 Å². The summed E-state index contributed by atoms with van der Waals surface area (Å²) in [5, 5.41) is 0. The van der Waals surface area contributed by atoms with E-state index in [1.165, 1.54) is 16.7 Å². The monoisotopic (exact) mass is 238 g/mol. The molecule has 1 aliphatic carbocycles. The zero-order valence-corrected chi connectivity index (χ0v) is 10.0. The Morgan fingerprint density at radius 2 is 1.93 bits per heavy atom. The number of hydrogen-bond acceptors (Lipinski definition) is 0. The van der Waals surface area contributed by atoms with Gasteiger partial charge in [0.15, 0.2) is 0 Å². The molecule has 0 spiro atoms. The largest absolute Gasteiger partial charge is 0.140 e. The van der Waals surface area contributed by atoms with Crippen LogP contribution in [0, 0.1) is 6.92 Å². The van der Waals surface area contributed by atoms with Gasteiger partial charge in [0.25, 0.3) is 0 Å². The summed E-state index contributed by atoms with van der Waals surface area (Å²) < 4.78 is -0.730. The molecule has 0 aromatic heterocycles. The Morgan fingerprint density at radius 3 is 2.53 bits per heavy atom. The fourth-order valence-electron chi connectivity index (χ4n) is 1.69. The van der Waals surface area contributed by atoms with E-state index < -0.39 is 4.33 Å². The lowest BCUT2D eigenvalue weighted by Gasteiger charge is -2.18. The number of benzene rings is 1. The van der Waals surface area contributed by atoms with E-state index in [-0.39, 0.29) is 0 Å². The van der Waals surface area contributed by atoms with Crippen LogP contribution in [0.3, 0.4) is 0 Å². The SMILES string of the molecule is Cc1ccccc1C1=CCC(Cl)(Cl)C=C1. The van der Waals surface area contributed by atoms with Gasteiger partial charge in [-0.2, -0.15) is 0 Å². The molecule has 1 aliphatic rings. The molecule has 0 bridgehead atoms. The second-order valence-corrected chi connectivity index (χ2v) is 5.32. The zero-order valence-electron chi connectivity index (χ0n) is 8.50. The average molecular weight is 239 g/mol. The Morgan fingerprint density at radius 1 is 1.20 bits per heavy atom. The molecule has 2 rings (SSSR count). The van der Waals surface area contributed by atoms with Crippen LogP contribution in [0.1, 0.15) is 17.5 Å². The molecule has 0 saturated heterocycles. The van der Waals surface area contributed by atoms with Crippen molar-refractivity contribution in [2.45, 2.75) is 17.7 Å². The number of rotatable bonds is 1. The Kier molecular flexibility index (Phi) is 2.90. The summed E-state index contributed by atoms with van der Waals surface area (Å²) in [6.07, 6.45) is 6.59. The fourth-order valence-corrected chi connectivity index (χ4v) is 1.97. The second kappa shape index (κ2) is 4.03. The van der Waals surface area contributed by atoms with Crippen LogP contribution in [0.2, 0.25) is 0 Å². The normalized spacial score (nSPS) is 18.7. The van der Waals surface area contributed by atoms with Gasteiger partial charge in [-0.15, -0.1) is 0 Å². The maximum Gasteiger partial charge on any atom is 0.140 e. The van der Waals surface area contributed by atoms with E-state index in [1.807, 2.05) is 24.3 Å². The van der Waals surface area contributed by atoms with Crippen molar-refractivity contribution in [2.24, 2.45) is 0 Å². The van der Waals surface area contributed by atoms with Gasteiger partial charge in [-0.3, -0.25) is 0 Å². The van der Waals surface area contributed by atoms with E-state index in [1.54, 1.807) is 0 Å². The van der Waals surface area contributed by atoms with Crippen LogP contribution in [0.15, 0.2) is 42.5 Å². The highest BCUT2D eigenvalue weighted by molar-refractivity contribution is 6.50. The highest BCUT2D eigenvalue weighted by Crippen LogP contribution is 2.35. The van der Waals surface area contributed by atoms with Crippen LogP contribution in [0.4, 0.5) is 0 Å². The van der Waals surface area contributed by atoms with Crippen molar-refractivity contribution < 1.29 is 0 Å². The van der Waals surface area contributed by atoms with E-state index >= 15 is 0 Å². The first-order valence-electron chi connectivity index (χ1n) is 4.92. The van der Waals surface area contributed by atoms with Crippen LogP contribution in [0.25, 0.3) is 5.57 Å². The van der Waals surface area contributed by atoms with Crippen molar-refractivity contribution in [3.05, 3.63) is 53.6 Å². The molecule has 0 heterocycles. The molecule has 0 amide bonds. The van der Waals surface area contributed by atoms with Gasteiger partial charge < -0.3 is 0 Å². The molecule has 0 atom stereocenters. The van der Waals surface area contributed by atoms with Crippen molar-refractivity contribution in [1.29, 1.82) is 0 Å². The summed E-state index contributed by atoms with van der Waals surface area (Å²) in [4.78, 5) is 0. The first kappa shape index (κ1) is 10.8. The molecule has 0 radical (unpaired) electrons. The molecule has 0 saturated carbocycles. The lowest BCUT2D eigenvalue weighted by molar-refractivity contribution is 0.965. The fraction of sp³-hybridized carbons (Fsp3) is 0.231. The number of aryl methyl sites for hydroxylation is 1. The first-order chi connectivity index (χ1) is 7.08. The van der Waals surface area contributed by atoms with Crippen molar-refractivity contribution in [1.82, 2.24) is 0 Å². The predicted molar refractivity (Wildman–Crippen MR) is 67.4 cm³/mol. The van der Waals surface area contributed by atoms with Crippen molar-refractivity contribution in [3.8, 4) is 0 Å². The van der Waals surface area contributed by atoms with Gasteiger partial charge in [0.1, 0.15) is 4.33 Å². The predicted octanol–water partition coefficient (Wildman–Crippen LogP) is 4.51. The average Bonchev–Trinajstić information content (AvgIpc) is 2.19. The second-order valence-electron chi connectivity index (χ2n) is 3.77. The highest BCUT2D eigenvalue weighted by atomic mass is 35.5. The van der Waals surface area contributed by atoms with Gasteiger partial charge in [0, 0.05) is 6.42 Å². The van der Waals surface area contributed by atoms with Gasteiger partial charge in [-0.05, 0) is 29.7 Å². The molecule has 2 heteroatoms. The van der Waals surface area contributed by atoms with Crippen LogP contribution >= 0.6 is 23.2 Å². The van der Waals surface area contributed by atoms with E-state index in [4.69, 9.17) is 23.2 Å². The summed E-state index contributed by atoms with van der Waals surface area (Å²) in [6.45, 7) is 2.10. The lowest BCUT2D eigenvalue weighted by Crippen LogP contribution is -2.10. The third-order valence-electron chi connectivity index (χ3n) is 2.56. The molecule has 1 aromatic rings. The smallest absolute Gasteiger partial charge is 0.0966 e. The maximum atomic E-state index is 6.00. The Hall–Kier alpha value is -0.720. The molecule has 0 nitrogen and oxygen atoms in total. The van der Waals surface area contributed by atoms with Gasteiger partial charge in [0.2, 0.25) is 0 Å². The minimum absolute atomic E-state index is 0.663. The van der Waals surface area contributed by atoms with Crippen molar-refractivity contribution in [3.63, 3.8) is 0 Å². The molecule has 15 heavy (non-hydrogen) atoms. The van der Waals surface area contributed by atoms with E-state index in [0.717, 1.165) is 0 Å². The van der Waals surface area contributed by atoms with Crippen LogP contribution in [0.5, 0.6) is 0 Å².